The van der Waals surface area contributed by atoms with E-state index in [1.54, 1.807) is 6.07 Å². The molecule has 0 unspecified atom stereocenters. The molecular formula is C14H18BrFN2O2. The molecule has 0 aliphatic carbocycles. The number of hydrogen-bond acceptors (Lipinski definition) is 3. The Morgan fingerprint density at radius 3 is 2.90 bits per heavy atom. The third-order valence-electron chi connectivity index (χ3n) is 3.23. The van der Waals surface area contributed by atoms with Crippen molar-refractivity contribution in [1.82, 2.24) is 10.2 Å². The standard InChI is InChI=1S/C14H18BrFN2O2/c15-14-11(2-1-3-12(14)16)10-17-5-4-13(19)18-6-8-20-9-7-18/h1-3,17H,4-10H2. The zero-order chi connectivity index (χ0) is 14.4. The maximum Gasteiger partial charge on any atom is 0.224 e. The van der Waals surface area contributed by atoms with Crippen LogP contribution in [0.1, 0.15) is 12.0 Å². The first kappa shape index (κ1) is 15.4. The second kappa shape index (κ2) is 7.71. The average molecular weight is 345 g/mol. The maximum atomic E-state index is 13.3. The number of amides is 1. The van der Waals surface area contributed by atoms with Crippen LogP contribution in [-0.2, 0) is 16.1 Å². The predicted molar refractivity (Wildman–Crippen MR) is 77.8 cm³/mol. The molecule has 4 nitrogen and oxygen atoms in total. The van der Waals surface area contributed by atoms with Gasteiger partial charge in [0.15, 0.2) is 0 Å². The van der Waals surface area contributed by atoms with Gasteiger partial charge in [0.25, 0.3) is 0 Å². The Morgan fingerprint density at radius 2 is 2.15 bits per heavy atom. The molecule has 0 aromatic heterocycles. The van der Waals surface area contributed by atoms with Crippen molar-refractivity contribution in [3.05, 3.63) is 34.1 Å². The first-order chi connectivity index (χ1) is 9.68. The zero-order valence-electron chi connectivity index (χ0n) is 11.2. The Hall–Kier alpha value is -0.980. The molecule has 20 heavy (non-hydrogen) atoms. The molecule has 1 aromatic rings. The van der Waals surface area contributed by atoms with Gasteiger partial charge in [0.2, 0.25) is 5.91 Å². The second-order valence-corrected chi connectivity index (χ2v) is 5.43. The highest BCUT2D eigenvalue weighted by atomic mass is 79.9. The lowest BCUT2D eigenvalue weighted by atomic mass is 10.2. The van der Waals surface area contributed by atoms with E-state index in [4.69, 9.17) is 4.74 Å². The van der Waals surface area contributed by atoms with Gasteiger partial charge < -0.3 is 15.0 Å². The van der Waals surface area contributed by atoms with Crippen LogP contribution >= 0.6 is 15.9 Å². The number of carbonyl (C=O) groups is 1. The minimum Gasteiger partial charge on any atom is -0.378 e. The summed E-state index contributed by atoms with van der Waals surface area (Å²) in [6.07, 6.45) is 0.451. The lowest BCUT2D eigenvalue weighted by Gasteiger charge is -2.26. The molecule has 110 valence electrons. The minimum absolute atomic E-state index is 0.138. The molecule has 1 heterocycles. The van der Waals surface area contributed by atoms with Crippen LogP contribution in [0, 0.1) is 5.82 Å². The van der Waals surface area contributed by atoms with Gasteiger partial charge in [-0.2, -0.15) is 0 Å². The van der Waals surface area contributed by atoms with Crippen molar-refractivity contribution in [1.29, 1.82) is 0 Å². The molecule has 0 spiro atoms. The number of hydrogen-bond donors (Lipinski definition) is 1. The molecule has 1 N–H and O–H groups in total. The van der Waals surface area contributed by atoms with Crippen molar-refractivity contribution >= 4 is 21.8 Å². The van der Waals surface area contributed by atoms with Gasteiger partial charge in [-0.1, -0.05) is 12.1 Å². The number of carbonyl (C=O) groups excluding carboxylic acids is 1. The summed E-state index contributed by atoms with van der Waals surface area (Å²) in [7, 11) is 0. The predicted octanol–water partition coefficient (Wildman–Crippen LogP) is 1.93. The van der Waals surface area contributed by atoms with Crippen LogP contribution in [0.2, 0.25) is 0 Å². The quantitative estimate of drug-likeness (QED) is 0.830. The van der Waals surface area contributed by atoms with Crippen LogP contribution < -0.4 is 5.32 Å². The Labute approximate surface area is 126 Å². The van der Waals surface area contributed by atoms with Gasteiger partial charge in [-0.15, -0.1) is 0 Å². The van der Waals surface area contributed by atoms with Crippen molar-refractivity contribution in [2.24, 2.45) is 0 Å². The fourth-order valence-electron chi connectivity index (χ4n) is 2.07. The van der Waals surface area contributed by atoms with E-state index in [0.29, 0.717) is 50.3 Å². The summed E-state index contributed by atoms with van der Waals surface area (Å²) in [5, 5.41) is 3.16. The van der Waals surface area contributed by atoms with Gasteiger partial charge in [-0.05, 0) is 27.6 Å². The number of nitrogens with one attached hydrogen (secondary N) is 1. The summed E-state index contributed by atoms with van der Waals surface area (Å²) < 4.78 is 19.0. The summed E-state index contributed by atoms with van der Waals surface area (Å²) in [4.78, 5) is 13.7. The van der Waals surface area contributed by atoms with Crippen LogP contribution in [0.3, 0.4) is 0 Å². The SMILES string of the molecule is O=C(CCNCc1cccc(F)c1Br)N1CCOCC1. The molecule has 1 amide bonds. The fourth-order valence-corrected chi connectivity index (χ4v) is 2.48. The van der Waals surface area contributed by atoms with Crippen LogP contribution in [0.4, 0.5) is 4.39 Å². The molecule has 0 saturated carbocycles. The van der Waals surface area contributed by atoms with Gasteiger partial charge in [-0.3, -0.25) is 4.79 Å². The van der Waals surface area contributed by atoms with E-state index >= 15 is 0 Å². The van der Waals surface area contributed by atoms with E-state index in [2.05, 4.69) is 21.2 Å². The third kappa shape index (κ3) is 4.26. The van der Waals surface area contributed by atoms with Crippen LogP contribution in [0.5, 0.6) is 0 Å². The molecule has 2 rings (SSSR count). The topological polar surface area (TPSA) is 41.6 Å². The lowest BCUT2D eigenvalue weighted by Crippen LogP contribution is -2.41. The van der Waals surface area contributed by atoms with Crippen LogP contribution in [0.15, 0.2) is 22.7 Å². The highest BCUT2D eigenvalue weighted by molar-refractivity contribution is 9.10. The van der Waals surface area contributed by atoms with E-state index in [1.807, 2.05) is 11.0 Å². The molecule has 1 aromatic carbocycles. The van der Waals surface area contributed by atoms with Crippen LogP contribution in [-0.4, -0.2) is 43.7 Å². The Kier molecular flexibility index (Phi) is 5.94. The van der Waals surface area contributed by atoms with Gasteiger partial charge in [-0.25, -0.2) is 4.39 Å². The summed E-state index contributed by atoms with van der Waals surface area (Å²) in [6, 6.07) is 4.94. The molecule has 0 radical (unpaired) electrons. The maximum absolute atomic E-state index is 13.3. The van der Waals surface area contributed by atoms with Crippen molar-refractivity contribution in [2.75, 3.05) is 32.8 Å². The molecule has 1 fully saturated rings. The monoisotopic (exact) mass is 344 g/mol. The Morgan fingerprint density at radius 1 is 1.40 bits per heavy atom. The second-order valence-electron chi connectivity index (χ2n) is 4.63. The highest BCUT2D eigenvalue weighted by Crippen LogP contribution is 2.19. The molecule has 1 aliphatic heterocycles. The Balaban J connectivity index is 1.70. The third-order valence-corrected chi connectivity index (χ3v) is 4.11. The number of halogens is 2. The van der Waals surface area contributed by atoms with E-state index < -0.39 is 0 Å². The minimum atomic E-state index is -0.270. The molecule has 1 aliphatic rings. The largest absolute Gasteiger partial charge is 0.378 e. The smallest absolute Gasteiger partial charge is 0.224 e. The van der Waals surface area contributed by atoms with E-state index in [1.165, 1.54) is 6.07 Å². The summed E-state index contributed by atoms with van der Waals surface area (Å²) >= 11 is 3.22. The number of morpholine rings is 1. The van der Waals surface area contributed by atoms with Crippen molar-refractivity contribution < 1.29 is 13.9 Å². The van der Waals surface area contributed by atoms with Gasteiger partial charge >= 0.3 is 0 Å². The van der Waals surface area contributed by atoms with Gasteiger partial charge in [0.05, 0.1) is 17.7 Å². The van der Waals surface area contributed by atoms with E-state index in [0.717, 1.165) is 5.56 Å². The number of benzene rings is 1. The molecule has 1 saturated heterocycles. The number of ether oxygens (including phenoxy) is 1. The highest BCUT2D eigenvalue weighted by Gasteiger charge is 2.15. The Bertz CT molecular complexity index is 464. The summed E-state index contributed by atoms with van der Waals surface area (Å²) in [5.74, 6) is -0.132. The fraction of sp³-hybridized carbons (Fsp3) is 0.500. The molecular weight excluding hydrogens is 327 g/mol. The van der Waals surface area contributed by atoms with Crippen molar-refractivity contribution in [2.45, 2.75) is 13.0 Å². The first-order valence-electron chi connectivity index (χ1n) is 6.67. The first-order valence-corrected chi connectivity index (χ1v) is 7.47. The van der Waals surface area contributed by atoms with Gasteiger partial charge in [0.1, 0.15) is 5.82 Å². The van der Waals surface area contributed by atoms with Crippen molar-refractivity contribution in [3.63, 3.8) is 0 Å². The average Bonchev–Trinajstić information content (AvgIpc) is 2.48. The molecule has 0 bridgehead atoms. The van der Waals surface area contributed by atoms with Crippen LogP contribution in [0.25, 0.3) is 0 Å². The van der Waals surface area contributed by atoms with Gasteiger partial charge in [0, 0.05) is 32.6 Å². The number of rotatable bonds is 5. The molecule has 6 heteroatoms. The summed E-state index contributed by atoms with van der Waals surface area (Å²) in [6.45, 7) is 3.71. The van der Waals surface area contributed by atoms with Crippen molar-refractivity contribution in [3.8, 4) is 0 Å². The normalized spacial score (nSPS) is 15.4. The molecule has 0 atom stereocenters. The zero-order valence-corrected chi connectivity index (χ0v) is 12.8. The number of nitrogens with zero attached hydrogens (tertiary/aromatic N) is 1. The van der Waals surface area contributed by atoms with E-state index in [9.17, 15) is 9.18 Å². The van der Waals surface area contributed by atoms with E-state index in [-0.39, 0.29) is 11.7 Å². The lowest BCUT2D eigenvalue weighted by molar-refractivity contribution is -0.135. The summed E-state index contributed by atoms with van der Waals surface area (Å²) in [5.41, 5.74) is 0.851.